The lowest BCUT2D eigenvalue weighted by atomic mass is 10.0. The zero-order valence-electron chi connectivity index (χ0n) is 16.3. The van der Waals surface area contributed by atoms with Crippen LogP contribution in [0.15, 0.2) is 48.8 Å². The molecule has 29 heavy (non-hydrogen) atoms. The Bertz CT molecular complexity index is 1020. The van der Waals surface area contributed by atoms with E-state index in [4.69, 9.17) is 21.1 Å². The number of hydrogen-bond donors (Lipinski definition) is 1. The zero-order chi connectivity index (χ0) is 21.0. The van der Waals surface area contributed by atoms with Gasteiger partial charge in [-0.1, -0.05) is 23.7 Å². The molecule has 1 unspecified atom stereocenters. The second-order valence-electron chi connectivity index (χ2n) is 6.28. The number of aromatic nitrogens is 2. The summed E-state index contributed by atoms with van der Waals surface area (Å²) in [5.74, 6) is 0.475. The van der Waals surface area contributed by atoms with Gasteiger partial charge in [0.25, 0.3) is 5.91 Å². The van der Waals surface area contributed by atoms with E-state index >= 15 is 0 Å². The number of rotatable bonds is 7. The van der Waals surface area contributed by atoms with E-state index in [1.54, 1.807) is 42.2 Å². The summed E-state index contributed by atoms with van der Waals surface area (Å²) in [5.41, 5.74) is 0.850. The van der Waals surface area contributed by atoms with E-state index in [0.29, 0.717) is 29.5 Å². The van der Waals surface area contributed by atoms with Crippen molar-refractivity contribution < 1.29 is 18.7 Å². The Morgan fingerprint density at radius 2 is 2.14 bits per heavy atom. The van der Waals surface area contributed by atoms with Crippen LogP contribution in [-0.4, -0.2) is 29.2 Å². The van der Waals surface area contributed by atoms with Gasteiger partial charge in [-0.3, -0.25) is 4.79 Å². The highest BCUT2D eigenvalue weighted by atomic mass is 35.5. The number of carbonyl (C=O) groups excluding carboxylic acids is 1. The maximum atomic E-state index is 13.8. The minimum absolute atomic E-state index is 0.260. The molecule has 0 saturated heterocycles. The molecule has 0 radical (unpaired) electrons. The number of imidazole rings is 1. The van der Waals surface area contributed by atoms with Gasteiger partial charge in [-0.2, -0.15) is 0 Å². The second kappa shape index (κ2) is 8.96. The van der Waals surface area contributed by atoms with Crippen LogP contribution >= 0.6 is 11.6 Å². The molecule has 1 atom stereocenters. The summed E-state index contributed by atoms with van der Waals surface area (Å²) in [6.07, 6.45) is 3.37. The van der Waals surface area contributed by atoms with Gasteiger partial charge < -0.3 is 19.4 Å². The first-order valence-electron chi connectivity index (χ1n) is 8.98. The molecule has 1 amide bonds. The van der Waals surface area contributed by atoms with Crippen molar-refractivity contribution in [3.05, 3.63) is 76.6 Å². The summed E-state index contributed by atoms with van der Waals surface area (Å²) in [5, 5.41) is 3.17. The summed E-state index contributed by atoms with van der Waals surface area (Å²) in [6.45, 7) is 2.23. The number of hydrogen-bond acceptors (Lipinski definition) is 4. The first-order chi connectivity index (χ1) is 13.9. The normalized spacial score (nSPS) is 11.8. The minimum atomic E-state index is -0.658. The fourth-order valence-corrected chi connectivity index (χ4v) is 3.25. The number of aryl methyl sites for hydroxylation is 1. The molecule has 1 N–H and O–H groups in total. The largest absolute Gasteiger partial charge is 0.493 e. The third kappa shape index (κ3) is 4.51. The number of amides is 1. The summed E-state index contributed by atoms with van der Waals surface area (Å²) in [6, 6.07) is 8.43. The van der Waals surface area contributed by atoms with Crippen molar-refractivity contribution >= 4 is 17.5 Å². The van der Waals surface area contributed by atoms with Crippen LogP contribution in [0.1, 0.15) is 34.7 Å². The van der Waals surface area contributed by atoms with E-state index in [-0.39, 0.29) is 10.6 Å². The molecule has 6 nitrogen and oxygen atoms in total. The van der Waals surface area contributed by atoms with Gasteiger partial charge in [0.1, 0.15) is 17.7 Å². The van der Waals surface area contributed by atoms with Crippen molar-refractivity contribution in [2.45, 2.75) is 13.0 Å². The molecular formula is C21H21ClFN3O3. The molecule has 3 rings (SSSR count). The lowest BCUT2D eigenvalue weighted by Crippen LogP contribution is -2.31. The lowest BCUT2D eigenvalue weighted by molar-refractivity contribution is 0.0940. The monoisotopic (exact) mass is 417 g/mol. The highest BCUT2D eigenvalue weighted by Gasteiger charge is 2.23. The molecule has 1 heterocycles. The number of methoxy groups -OCH3 is 1. The van der Waals surface area contributed by atoms with E-state index in [0.717, 1.165) is 0 Å². The number of nitrogens with zero attached hydrogens (tertiary/aromatic N) is 2. The summed E-state index contributed by atoms with van der Waals surface area (Å²) in [4.78, 5) is 17.3. The Morgan fingerprint density at radius 3 is 2.76 bits per heavy atom. The van der Waals surface area contributed by atoms with Gasteiger partial charge in [0.2, 0.25) is 0 Å². The van der Waals surface area contributed by atoms with Crippen molar-refractivity contribution in [3.8, 4) is 11.5 Å². The van der Waals surface area contributed by atoms with Gasteiger partial charge in [-0.15, -0.1) is 0 Å². The first kappa shape index (κ1) is 20.7. The topological polar surface area (TPSA) is 65.4 Å². The van der Waals surface area contributed by atoms with Gasteiger partial charge in [-0.05, 0) is 36.8 Å². The third-order valence-electron chi connectivity index (χ3n) is 4.35. The van der Waals surface area contributed by atoms with Crippen LogP contribution in [0, 0.1) is 5.82 Å². The zero-order valence-corrected chi connectivity index (χ0v) is 17.0. The van der Waals surface area contributed by atoms with E-state index in [2.05, 4.69) is 10.3 Å². The van der Waals surface area contributed by atoms with E-state index < -0.39 is 17.8 Å². The van der Waals surface area contributed by atoms with Gasteiger partial charge in [0.15, 0.2) is 11.5 Å². The highest BCUT2D eigenvalue weighted by Crippen LogP contribution is 2.36. The molecule has 0 aliphatic heterocycles. The summed E-state index contributed by atoms with van der Waals surface area (Å²) >= 11 is 6.28. The first-order valence-corrected chi connectivity index (χ1v) is 9.36. The number of nitrogens with one attached hydrogen (secondary N) is 1. The Kier molecular flexibility index (Phi) is 6.39. The van der Waals surface area contributed by atoms with E-state index in [9.17, 15) is 9.18 Å². The average Bonchev–Trinajstić information content (AvgIpc) is 3.12. The molecule has 152 valence electrons. The molecule has 0 fully saturated rings. The van der Waals surface area contributed by atoms with Crippen LogP contribution in [0.4, 0.5) is 4.39 Å². The van der Waals surface area contributed by atoms with Crippen molar-refractivity contribution in [1.29, 1.82) is 0 Å². The Hall–Kier alpha value is -3.06. The fourth-order valence-electron chi connectivity index (χ4n) is 2.99. The SMILES string of the molecule is CCOc1c(Cl)cc(C(=O)NC(c2cccc(F)c2)c2nccn2C)cc1OC. The number of halogens is 2. The van der Waals surface area contributed by atoms with Crippen LogP contribution in [0.2, 0.25) is 5.02 Å². The summed E-state index contributed by atoms with van der Waals surface area (Å²) < 4.78 is 26.4. The molecular weight excluding hydrogens is 397 g/mol. The molecule has 0 bridgehead atoms. The third-order valence-corrected chi connectivity index (χ3v) is 4.64. The Balaban J connectivity index is 1.97. The molecule has 3 aromatic rings. The van der Waals surface area contributed by atoms with Crippen molar-refractivity contribution in [2.75, 3.05) is 13.7 Å². The van der Waals surface area contributed by atoms with Gasteiger partial charge in [0, 0.05) is 25.0 Å². The van der Waals surface area contributed by atoms with Crippen molar-refractivity contribution in [3.63, 3.8) is 0 Å². The smallest absolute Gasteiger partial charge is 0.252 e. The predicted molar refractivity (Wildman–Crippen MR) is 108 cm³/mol. The van der Waals surface area contributed by atoms with Gasteiger partial charge in [0.05, 0.1) is 18.7 Å². The lowest BCUT2D eigenvalue weighted by Gasteiger charge is -2.20. The number of benzene rings is 2. The van der Waals surface area contributed by atoms with Gasteiger partial charge in [-0.25, -0.2) is 9.37 Å². The van der Waals surface area contributed by atoms with Crippen LogP contribution < -0.4 is 14.8 Å². The molecule has 1 aromatic heterocycles. The molecule has 0 saturated carbocycles. The van der Waals surface area contributed by atoms with E-state index in [1.807, 2.05) is 6.92 Å². The predicted octanol–water partition coefficient (Wildman–Crippen LogP) is 4.14. The molecule has 0 aliphatic rings. The van der Waals surface area contributed by atoms with E-state index in [1.165, 1.54) is 25.3 Å². The Morgan fingerprint density at radius 1 is 1.34 bits per heavy atom. The standard InChI is InChI=1S/C21H21ClFN3O3/c1-4-29-19-16(22)11-14(12-17(19)28-3)21(27)25-18(20-24-8-9-26(20)2)13-6-5-7-15(23)10-13/h5-12,18H,4H2,1-3H3,(H,25,27). The van der Waals surface area contributed by atoms with Crippen LogP contribution in [0.25, 0.3) is 0 Å². The molecule has 2 aromatic carbocycles. The quantitative estimate of drug-likeness (QED) is 0.627. The minimum Gasteiger partial charge on any atom is -0.493 e. The Labute approximate surface area is 173 Å². The molecule has 8 heteroatoms. The number of carbonyl (C=O) groups is 1. The van der Waals surface area contributed by atoms with Crippen LogP contribution in [0.5, 0.6) is 11.5 Å². The van der Waals surface area contributed by atoms with Gasteiger partial charge >= 0.3 is 0 Å². The maximum Gasteiger partial charge on any atom is 0.252 e. The highest BCUT2D eigenvalue weighted by molar-refractivity contribution is 6.32. The van der Waals surface area contributed by atoms with Crippen LogP contribution in [-0.2, 0) is 7.05 Å². The van der Waals surface area contributed by atoms with Crippen molar-refractivity contribution in [2.24, 2.45) is 7.05 Å². The molecule has 0 aliphatic carbocycles. The molecule has 0 spiro atoms. The maximum absolute atomic E-state index is 13.8. The number of ether oxygens (including phenoxy) is 2. The van der Waals surface area contributed by atoms with Crippen molar-refractivity contribution in [1.82, 2.24) is 14.9 Å². The summed E-state index contributed by atoms with van der Waals surface area (Å²) in [7, 11) is 3.27. The second-order valence-corrected chi connectivity index (χ2v) is 6.69. The fraction of sp³-hybridized carbons (Fsp3) is 0.238. The average molecular weight is 418 g/mol. The van der Waals surface area contributed by atoms with Crippen LogP contribution in [0.3, 0.4) is 0 Å².